The van der Waals surface area contributed by atoms with E-state index in [-0.39, 0.29) is 24.9 Å². The molecule has 3 N–H and O–H groups in total. The maximum absolute atomic E-state index is 12.1. The van der Waals surface area contributed by atoms with Crippen molar-refractivity contribution in [2.75, 3.05) is 19.0 Å². The van der Waals surface area contributed by atoms with Crippen LogP contribution in [0.15, 0.2) is 24.3 Å². The summed E-state index contributed by atoms with van der Waals surface area (Å²) >= 11 is 0. The van der Waals surface area contributed by atoms with Gasteiger partial charge >= 0.3 is 5.97 Å². The molecule has 1 saturated carbocycles. The molecule has 1 aromatic rings. The van der Waals surface area contributed by atoms with E-state index < -0.39 is 11.5 Å². The number of hydrogen-bond donors (Lipinski definition) is 2. The first-order chi connectivity index (χ1) is 10.0. The van der Waals surface area contributed by atoms with Crippen LogP contribution < -0.4 is 15.8 Å². The topological polar surface area (TPSA) is 90.6 Å². The first-order valence-corrected chi connectivity index (χ1v) is 6.93. The lowest BCUT2D eigenvalue weighted by Gasteiger charge is -2.22. The van der Waals surface area contributed by atoms with Crippen molar-refractivity contribution in [3.63, 3.8) is 0 Å². The molecule has 1 aromatic carbocycles. The second-order valence-corrected chi connectivity index (χ2v) is 5.21. The molecule has 0 bridgehead atoms. The van der Waals surface area contributed by atoms with Crippen LogP contribution in [0.5, 0.6) is 5.75 Å². The number of methoxy groups -OCH3 is 1. The van der Waals surface area contributed by atoms with Crippen molar-refractivity contribution in [3.05, 3.63) is 24.3 Å². The van der Waals surface area contributed by atoms with E-state index in [1.807, 2.05) is 0 Å². The Morgan fingerprint density at radius 3 is 2.36 bits per heavy atom. The van der Waals surface area contributed by atoms with Crippen LogP contribution in [0.3, 0.4) is 0 Å². The fourth-order valence-corrected chi connectivity index (χ4v) is 2.32. The lowest BCUT2D eigenvalue weighted by molar-refractivity contribution is -0.142. The van der Waals surface area contributed by atoms with E-state index in [2.05, 4.69) is 10.1 Å². The van der Waals surface area contributed by atoms with Gasteiger partial charge in [0, 0.05) is 5.69 Å². The molecule has 2 rings (SSSR count). The molecule has 0 radical (unpaired) electrons. The Morgan fingerprint density at radius 2 is 1.82 bits per heavy atom. The van der Waals surface area contributed by atoms with Crippen LogP contribution in [0.1, 0.15) is 25.7 Å². The molecule has 0 aliphatic heterocycles. The predicted molar refractivity (Wildman–Crippen MR) is 85.2 cm³/mol. The van der Waals surface area contributed by atoms with Gasteiger partial charge < -0.3 is 20.5 Å². The van der Waals surface area contributed by atoms with Crippen LogP contribution in [-0.4, -0.2) is 31.1 Å². The van der Waals surface area contributed by atoms with Crippen molar-refractivity contribution in [1.29, 1.82) is 0 Å². The van der Waals surface area contributed by atoms with Gasteiger partial charge in [-0.15, -0.1) is 12.4 Å². The molecule has 0 aromatic heterocycles. The van der Waals surface area contributed by atoms with Crippen LogP contribution in [0.2, 0.25) is 0 Å². The quantitative estimate of drug-likeness (QED) is 0.805. The van der Waals surface area contributed by atoms with Gasteiger partial charge in [-0.25, -0.2) is 4.79 Å². The molecule has 7 heteroatoms. The van der Waals surface area contributed by atoms with Crippen molar-refractivity contribution in [2.24, 2.45) is 5.73 Å². The highest BCUT2D eigenvalue weighted by molar-refractivity contribution is 5.98. The molecule has 0 atom stereocenters. The van der Waals surface area contributed by atoms with Crippen molar-refractivity contribution >= 4 is 30.0 Å². The Morgan fingerprint density at radius 1 is 1.23 bits per heavy atom. The van der Waals surface area contributed by atoms with Crippen LogP contribution in [0.25, 0.3) is 0 Å². The van der Waals surface area contributed by atoms with Gasteiger partial charge in [-0.1, -0.05) is 12.8 Å². The zero-order valence-corrected chi connectivity index (χ0v) is 13.3. The van der Waals surface area contributed by atoms with E-state index in [0.29, 0.717) is 11.4 Å². The molecule has 122 valence electrons. The van der Waals surface area contributed by atoms with Gasteiger partial charge in [-0.2, -0.15) is 0 Å². The molecule has 1 fully saturated rings. The third-order valence-corrected chi connectivity index (χ3v) is 3.64. The fourth-order valence-electron chi connectivity index (χ4n) is 2.32. The van der Waals surface area contributed by atoms with Gasteiger partial charge in [0.25, 0.3) is 0 Å². The molecular weight excluding hydrogens is 308 g/mol. The number of hydrogen-bond acceptors (Lipinski definition) is 5. The monoisotopic (exact) mass is 328 g/mol. The zero-order valence-electron chi connectivity index (χ0n) is 12.5. The minimum absolute atomic E-state index is 0. The van der Waals surface area contributed by atoms with Gasteiger partial charge in [-0.3, -0.25) is 4.79 Å². The van der Waals surface area contributed by atoms with Crippen molar-refractivity contribution < 1.29 is 19.1 Å². The lowest BCUT2D eigenvalue weighted by atomic mass is 9.98. The Labute approximate surface area is 135 Å². The molecule has 1 aliphatic carbocycles. The summed E-state index contributed by atoms with van der Waals surface area (Å²) in [6.07, 6.45) is 3.42. The Kier molecular flexibility index (Phi) is 6.64. The van der Waals surface area contributed by atoms with E-state index in [1.54, 1.807) is 24.3 Å². The molecule has 0 unspecified atom stereocenters. The summed E-state index contributed by atoms with van der Waals surface area (Å²) in [6, 6.07) is 6.78. The number of nitrogens with one attached hydrogen (secondary N) is 1. The second-order valence-electron chi connectivity index (χ2n) is 5.21. The average molecular weight is 329 g/mol. The predicted octanol–water partition coefficient (Wildman–Crippen LogP) is 1.87. The summed E-state index contributed by atoms with van der Waals surface area (Å²) in [7, 11) is 1.30. The van der Waals surface area contributed by atoms with E-state index in [0.717, 1.165) is 25.7 Å². The molecule has 1 amide bonds. The Hall–Kier alpha value is -1.79. The Bertz CT molecular complexity index is 513. The van der Waals surface area contributed by atoms with E-state index in [9.17, 15) is 9.59 Å². The molecule has 0 spiro atoms. The molecule has 1 aliphatic rings. The highest BCUT2D eigenvalue weighted by Crippen LogP contribution is 2.28. The first-order valence-electron chi connectivity index (χ1n) is 6.93. The molecular formula is C15H21ClN2O4. The average Bonchev–Trinajstić information content (AvgIpc) is 2.94. The maximum Gasteiger partial charge on any atom is 0.343 e. The number of anilines is 1. The van der Waals surface area contributed by atoms with Gasteiger partial charge in [0.05, 0.1) is 12.6 Å². The fraction of sp³-hybridized carbons (Fsp3) is 0.467. The number of esters is 1. The van der Waals surface area contributed by atoms with Crippen molar-refractivity contribution in [1.82, 2.24) is 0 Å². The summed E-state index contributed by atoms with van der Waals surface area (Å²) in [5, 5.41) is 2.82. The smallest absolute Gasteiger partial charge is 0.343 e. The van der Waals surface area contributed by atoms with Crippen LogP contribution in [0.4, 0.5) is 5.69 Å². The summed E-state index contributed by atoms with van der Waals surface area (Å²) in [5.74, 6) is -0.0661. The number of amides is 1. The van der Waals surface area contributed by atoms with Gasteiger partial charge in [0.15, 0.2) is 6.61 Å². The number of nitrogens with two attached hydrogens (primary N) is 1. The number of ether oxygens (including phenoxy) is 2. The third kappa shape index (κ3) is 4.61. The summed E-state index contributed by atoms with van der Waals surface area (Å²) in [6.45, 7) is -0.145. The summed E-state index contributed by atoms with van der Waals surface area (Å²) in [5.41, 5.74) is 5.99. The number of benzene rings is 1. The van der Waals surface area contributed by atoms with Crippen LogP contribution >= 0.6 is 12.4 Å². The Balaban J connectivity index is 0.00000242. The lowest BCUT2D eigenvalue weighted by Crippen LogP contribution is -2.48. The summed E-state index contributed by atoms with van der Waals surface area (Å²) in [4.78, 5) is 23.1. The highest BCUT2D eigenvalue weighted by atomic mass is 35.5. The number of carbonyl (C=O) groups excluding carboxylic acids is 2. The van der Waals surface area contributed by atoms with E-state index in [4.69, 9.17) is 10.5 Å². The molecule has 22 heavy (non-hydrogen) atoms. The van der Waals surface area contributed by atoms with Crippen molar-refractivity contribution in [2.45, 2.75) is 31.2 Å². The maximum atomic E-state index is 12.1. The van der Waals surface area contributed by atoms with Crippen LogP contribution in [0, 0.1) is 0 Å². The zero-order chi connectivity index (χ0) is 15.3. The minimum atomic E-state index is -0.750. The van der Waals surface area contributed by atoms with Gasteiger partial charge in [0.1, 0.15) is 5.75 Å². The minimum Gasteiger partial charge on any atom is -0.482 e. The number of halogens is 1. The summed E-state index contributed by atoms with van der Waals surface area (Å²) < 4.78 is 9.71. The normalized spacial score (nSPS) is 15.5. The standard InChI is InChI=1S/C15H20N2O4.ClH/c1-20-13(18)10-21-12-6-4-11(5-7-12)17-14(19)15(16)8-2-3-9-15;/h4-7H,2-3,8-10,16H2,1H3,(H,17,19);1H. The third-order valence-electron chi connectivity index (χ3n) is 3.64. The molecule has 0 heterocycles. The number of carbonyl (C=O) groups is 2. The van der Waals surface area contributed by atoms with Crippen LogP contribution in [-0.2, 0) is 14.3 Å². The highest BCUT2D eigenvalue weighted by Gasteiger charge is 2.36. The largest absolute Gasteiger partial charge is 0.482 e. The van der Waals surface area contributed by atoms with Crippen molar-refractivity contribution in [3.8, 4) is 5.75 Å². The molecule has 6 nitrogen and oxygen atoms in total. The molecule has 0 saturated heterocycles. The van der Waals surface area contributed by atoms with E-state index in [1.165, 1.54) is 7.11 Å². The number of rotatable bonds is 5. The second kappa shape index (κ2) is 8.00. The van der Waals surface area contributed by atoms with E-state index >= 15 is 0 Å². The van der Waals surface area contributed by atoms with Gasteiger partial charge in [0.2, 0.25) is 5.91 Å². The first kappa shape index (κ1) is 18.3. The SMILES string of the molecule is COC(=O)COc1ccc(NC(=O)C2(N)CCCC2)cc1.Cl. The van der Waals surface area contributed by atoms with Gasteiger partial charge in [-0.05, 0) is 37.1 Å².